The third-order valence-corrected chi connectivity index (χ3v) is 5.20. The van der Waals surface area contributed by atoms with E-state index in [0.717, 1.165) is 42.5 Å². The summed E-state index contributed by atoms with van der Waals surface area (Å²) in [6.07, 6.45) is 3.88. The van der Waals surface area contributed by atoms with E-state index < -0.39 is 0 Å². The molecule has 0 atom stereocenters. The van der Waals surface area contributed by atoms with E-state index in [9.17, 15) is 4.39 Å². The molecule has 4 rings (SSSR count). The first-order valence-corrected chi connectivity index (χ1v) is 8.92. The van der Waals surface area contributed by atoms with Crippen LogP contribution < -0.4 is 5.32 Å². The van der Waals surface area contributed by atoms with Crippen molar-refractivity contribution >= 4 is 28.2 Å². The maximum absolute atomic E-state index is 13.9. The molecule has 0 spiro atoms. The molecule has 0 unspecified atom stereocenters. The van der Waals surface area contributed by atoms with Gasteiger partial charge in [-0.1, -0.05) is 17.7 Å². The quantitative estimate of drug-likeness (QED) is 0.725. The maximum Gasteiger partial charge on any atom is 0.129 e. The number of rotatable bonds is 4. The molecule has 1 aromatic heterocycles. The number of piperidine rings is 1. The van der Waals surface area contributed by atoms with Crippen LogP contribution in [0.25, 0.3) is 10.9 Å². The highest BCUT2D eigenvalue weighted by Gasteiger charge is 2.21. The molecule has 2 heterocycles. The minimum absolute atomic E-state index is 0.221. The lowest BCUT2D eigenvalue weighted by molar-refractivity contribution is 0.209. The zero-order chi connectivity index (χ0) is 17.2. The van der Waals surface area contributed by atoms with Gasteiger partial charge in [0.1, 0.15) is 5.82 Å². The molecule has 0 amide bonds. The molecule has 4 nitrogen and oxygen atoms in total. The van der Waals surface area contributed by atoms with Crippen molar-refractivity contribution in [2.75, 3.05) is 18.4 Å². The molecule has 3 aromatic rings. The number of fused-ring (bicyclic) bond motifs is 1. The summed E-state index contributed by atoms with van der Waals surface area (Å²) in [6.45, 7) is 2.42. The summed E-state index contributed by atoms with van der Waals surface area (Å²) < 4.78 is 13.9. The van der Waals surface area contributed by atoms with Gasteiger partial charge in [0.2, 0.25) is 0 Å². The fourth-order valence-electron chi connectivity index (χ4n) is 3.41. The van der Waals surface area contributed by atoms with Crippen molar-refractivity contribution in [2.24, 2.45) is 0 Å². The summed E-state index contributed by atoms with van der Waals surface area (Å²) in [6, 6.07) is 11.5. The van der Waals surface area contributed by atoms with E-state index in [4.69, 9.17) is 11.6 Å². The Morgan fingerprint density at radius 3 is 2.88 bits per heavy atom. The summed E-state index contributed by atoms with van der Waals surface area (Å²) in [4.78, 5) is 2.27. The zero-order valence-corrected chi connectivity index (χ0v) is 14.6. The fourth-order valence-corrected chi connectivity index (χ4v) is 3.63. The lowest BCUT2D eigenvalue weighted by atomic mass is 10.0. The van der Waals surface area contributed by atoms with Crippen LogP contribution >= 0.6 is 11.6 Å². The van der Waals surface area contributed by atoms with Crippen molar-refractivity contribution in [1.82, 2.24) is 15.1 Å². The number of benzene rings is 2. The van der Waals surface area contributed by atoms with Crippen LogP contribution in [0.3, 0.4) is 0 Å². The molecule has 1 saturated heterocycles. The van der Waals surface area contributed by atoms with Crippen molar-refractivity contribution in [1.29, 1.82) is 0 Å². The van der Waals surface area contributed by atoms with Gasteiger partial charge in [0.15, 0.2) is 0 Å². The minimum Gasteiger partial charge on any atom is -0.382 e. The highest BCUT2D eigenvalue weighted by molar-refractivity contribution is 6.31. The number of hydrogen-bond donors (Lipinski definition) is 2. The number of hydrogen-bond acceptors (Lipinski definition) is 3. The van der Waals surface area contributed by atoms with Crippen LogP contribution in [-0.4, -0.2) is 34.2 Å². The largest absolute Gasteiger partial charge is 0.382 e. The van der Waals surface area contributed by atoms with Gasteiger partial charge in [0.05, 0.1) is 11.7 Å². The Morgan fingerprint density at radius 2 is 2.08 bits per heavy atom. The lowest BCUT2D eigenvalue weighted by Gasteiger charge is -2.33. The number of likely N-dealkylation sites (tertiary alicyclic amines) is 1. The second-order valence-corrected chi connectivity index (χ2v) is 6.97. The fraction of sp³-hybridized carbons (Fsp3) is 0.316. The molecule has 1 fully saturated rings. The van der Waals surface area contributed by atoms with Gasteiger partial charge in [-0.2, -0.15) is 5.10 Å². The number of nitrogens with zero attached hydrogens (tertiary/aromatic N) is 2. The second kappa shape index (κ2) is 7.02. The Hall–Kier alpha value is -2.11. The van der Waals surface area contributed by atoms with Gasteiger partial charge in [-0.25, -0.2) is 4.39 Å². The Balaban J connectivity index is 1.35. The SMILES string of the molecule is Fc1cccc(Cl)c1CN1CCC(Nc2ccc3[nH]ncc3c2)CC1. The monoisotopic (exact) mass is 358 g/mol. The van der Waals surface area contributed by atoms with Crippen molar-refractivity contribution in [2.45, 2.75) is 25.4 Å². The highest BCUT2D eigenvalue weighted by atomic mass is 35.5. The lowest BCUT2D eigenvalue weighted by Crippen LogP contribution is -2.38. The normalized spacial score (nSPS) is 16.4. The third kappa shape index (κ3) is 3.62. The molecule has 0 saturated carbocycles. The summed E-state index contributed by atoms with van der Waals surface area (Å²) in [5, 5.41) is 12.2. The first kappa shape index (κ1) is 16.4. The summed E-state index contributed by atoms with van der Waals surface area (Å²) >= 11 is 6.14. The average Bonchev–Trinajstić information content (AvgIpc) is 3.07. The van der Waals surface area contributed by atoms with Crippen LogP contribution in [0.5, 0.6) is 0 Å². The molecule has 0 radical (unpaired) electrons. The third-order valence-electron chi connectivity index (χ3n) is 4.84. The molecule has 6 heteroatoms. The molecule has 0 bridgehead atoms. The summed E-state index contributed by atoms with van der Waals surface area (Å²) in [5.41, 5.74) is 2.76. The number of aromatic amines is 1. The van der Waals surface area contributed by atoms with E-state index in [1.807, 2.05) is 12.3 Å². The smallest absolute Gasteiger partial charge is 0.129 e. The molecule has 2 aromatic carbocycles. The molecule has 130 valence electrons. The molecule has 25 heavy (non-hydrogen) atoms. The van der Waals surface area contributed by atoms with E-state index in [-0.39, 0.29) is 5.82 Å². The summed E-state index contributed by atoms with van der Waals surface area (Å²) in [7, 11) is 0. The molecular weight excluding hydrogens is 339 g/mol. The van der Waals surface area contributed by atoms with E-state index in [0.29, 0.717) is 23.2 Å². The minimum atomic E-state index is -0.221. The Morgan fingerprint density at radius 1 is 1.24 bits per heavy atom. The van der Waals surface area contributed by atoms with Crippen molar-refractivity contribution in [3.8, 4) is 0 Å². The summed E-state index contributed by atoms with van der Waals surface area (Å²) in [5.74, 6) is -0.221. The predicted octanol–water partition coefficient (Wildman–Crippen LogP) is 4.43. The van der Waals surface area contributed by atoms with Crippen LogP contribution in [0, 0.1) is 5.82 Å². The standard InChI is InChI=1S/C19H20ClFN4/c20-17-2-1-3-18(21)16(17)12-25-8-6-14(7-9-25)23-15-4-5-19-13(10-15)11-22-24-19/h1-5,10-11,14,23H,6-9,12H2,(H,22,24). The predicted molar refractivity (Wildman–Crippen MR) is 99.4 cm³/mol. The van der Waals surface area contributed by atoms with Crippen molar-refractivity contribution < 1.29 is 4.39 Å². The number of nitrogens with one attached hydrogen (secondary N) is 2. The Labute approximate surface area is 151 Å². The molecular formula is C19H20ClFN4. The zero-order valence-electron chi connectivity index (χ0n) is 13.8. The molecule has 1 aliphatic heterocycles. The van der Waals surface area contributed by atoms with Gasteiger partial charge in [0, 0.05) is 47.3 Å². The number of anilines is 1. The van der Waals surface area contributed by atoms with Crippen LogP contribution in [0.15, 0.2) is 42.6 Å². The maximum atomic E-state index is 13.9. The van der Waals surface area contributed by atoms with E-state index >= 15 is 0 Å². The Kier molecular flexibility index (Phi) is 4.59. The van der Waals surface area contributed by atoms with Gasteiger partial charge >= 0.3 is 0 Å². The van der Waals surface area contributed by atoms with E-state index in [2.05, 4.69) is 32.5 Å². The highest BCUT2D eigenvalue weighted by Crippen LogP contribution is 2.24. The second-order valence-electron chi connectivity index (χ2n) is 6.57. The topological polar surface area (TPSA) is 44.0 Å². The van der Waals surface area contributed by atoms with Gasteiger partial charge in [-0.05, 0) is 43.2 Å². The number of halogens is 2. The van der Waals surface area contributed by atoms with E-state index in [1.165, 1.54) is 6.07 Å². The van der Waals surface area contributed by atoms with Gasteiger partial charge in [0.25, 0.3) is 0 Å². The van der Waals surface area contributed by atoms with Gasteiger partial charge in [-0.15, -0.1) is 0 Å². The van der Waals surface area contributed by atoms with Gasteiger partial charge in [-0.3, -0.25) is 10.00 Å². The average molecular weight is 359 g/mol. The molecule has 0 aliphatic carbocycles. The van der Waals surface area contributed by atoms with Crippen LogP contribution in [0.1, 0.15) is 18.4 Å². The van der Waals surface area contributed by atoms with E-state index in [1.54, 1.807) is 12.1 Å². The molecule has 1 aliphatic rings. The Bertz CT molecular complexity index is 850. The molecule has 2 N–H and O–H groups in total. The number of aromatic nitrogens is 2. The van der Waals surface area contributed by atoms with Crippen LogP contribution in [0.2, 0.25) is 5.02 Å². The number of H-pyrrole nitrogens is 1. The first-order chi connectivity index (χ1) is 12.2. The van der Waals surface area contributed by atoms with Crippen LogP contribution in [-0.2, 0) is 6.54 Å². The van der Waals surface area contributed by atoms with Crippen LogP contribution in [0.4, 0.5) is 10.1 Å². The van der Waals surface area contributed by atoms with Gasteiger partial charge < -0.3 is 5.32 Å². The van der Waals surface area contributed by atoms with Crippen molar-refractivity contribution in [3.05, 3.63) is 59.0 Å². The first-order valence-electron chi connectivity index (χ1n) is 8.54. The van der Waals surface area contributed by atoms with Crippen molar-refractivity contribution in [3.63, 3.8) is 0 Å².